The first-order valence-corrected chi connectivity index (χ1v) is 11.0. The molecule has 0 amide bonds. The van der Waals surface area contributed by atoms with Gasteiger partial charge in [0.25, 0.3) is 0 Å². The Kier molecular flexibility index (Phi) is 4.93. The second-order valence-electron chi connectivity index (χ2n) is 9.12. The van der Waals surface area contributed by atoms with Crippen molar-refractivity contribution in [3.8, 4) is 0 Å². The number of benzene rings is 1. The number of hydrogen-bond acceptors (Lipinski definition) is 5. The van der Waals surface area contributed by atoms with Gasteiger partial charge in [0.15, 0.2) is 5.82 Å². The summed E-state index contributed by atoms with van der Waals surface area (Å²) in [6.45, 7) is 4.34. The molecule has 5 rings (SSSR count). The highest BCUT2D eigenvalue weighted by molar-refractivity contribution is 6.31. The van der Waals surface area contributed by atoms with Crippen LogP contribution in [0.4, 0.5) is 0 Å². The maximum Gasteiger partial charge on any atom is 0.229 e. The molecule has 5 nitrogen and oxygen atoms in total. The second kappa shape index (κ2) is 7.43. The molecule has 1 unspecified atom stereocenters. The Morgan fingerprint density at radius 2 is 2.00 bits per heavy atom. The van der Waals surface area contributed by atoms with E-state index in [1.165, 1.54) is 37.7 Å². The summed E-state index contributed by atoms with van der Waals surface area (Å²) in [5, 5.41) is 5.23. The van der Waals surface area contributed by atoms with Gasteiger partial charge in [0, 0.05) is 24.0 Å². The monoisotopic (exact) mass is 400 g/mol. The highest BCUT2D eigenvalue weighted by atomic mass is 35.5. The minimum absolute atomic E-state index is 0.299. The van der Waals surface area contributed by atoms with Crippen LogP contribution < -0.4 is 0 Å². The summed E-state index contributed by atoms with van der Waals surface area (Å²) in [6, 6.07) is 8.50. The third-order valence-corrected chi connectivity index (χ3v) is 7.59. The number of hydrogen-bond donors (Lipinski definition) is 0. The van der Waals surface area contributed by atoms with Crippen LogP contribution in [-0.4, -0.2) is 46.6 Å². The molecular formula is C22H29ClN4O. The quantitative estimate of drug-likeness (QED) is 0.747. The van der Waals surface area contributed by atoms with Crippen molar-refractivity contribution in [1.82, 2.24) is 19.9 Å². The van der Waals surface area contributed by atoms with E-state index in [9.17, 15) is 0 Å². The summed E-state index contributed by atoms with van der Waals surface area (Å²) in [7, 11) is 2.22. The summed E-state index contributed by atoms with van der Waals surface area (Å²) >= 11 is 6.35. The number of nitrogens with zero attached hydrogens (tertiary/aromatic N) is 4. The molecule has 6 heteroatoms. The number of aromatic nitrogens is 2. The standard InChI is InChI=1S/C22H29ClN4O/c1-26-15-22(13-19(26)20-24-21(28-25-20)16-6-4-7-16)9-11-27(12-10-22)14-17-5-2-3-8-18(17)23/h2-3,5,8,16,19H,4,6-7,9-15H2,1H3. The van der Waals surface area contributed by atoms with Crippen molar-refractivity contribution in [2.75, 3.05) is 26.7 Å². The number of halogens is 1. The first-order valence-electron chi connectivity index (χ1n) is 10.6. The third-order valence-electron chi connectivity index (χ3n) is 7.22. The van der Waals surface area contributed by atoms with Gasteiger partial charge in [-0.05, 0) is 69.3 Å². The average molecular weight is 401 g/mol. The molecular weight excluding hydrogens is 372 g/mol. The molecule has 3 aliphatic rings. The lowest BCUT2D eigenvalue weighted by molar-refractivity contribution is 0.105. The topological polar surface area (TPSA) is 45.4 Å². The van der Waals surface area contributed by atoms with Crippen molar-refractivity contribution < 1.29 is 4.52 Å². The predicted octanol–water partition coefficient (Wildman–Crippen LogP) is 4.65. The SMILES string of the molecule is CN1CC2(CCN(Cc3ccccc3Cl)CC2)CC1c1noc(C2CCC2)n1. The fourth-order valence-electron chi connectivity index (χ4n) is 5.18. The van der Waals surface area contributed by atoms with Crippen LogP contribution in [0.3, 0.4) is 0 Å². The van der Waals surface area contributed by atoms with Gasteiger partial charge in [-0.25, -0.2) is 0 Å². The number of rotatable bonds is 4. The smallest absolute Gasteiger partial charge is 0.229 e. The molecule has 1 atom stereocenters. The van der Waals surface area contributed by atoms with Gasteiger partial charge in [-0.1, -0.05) is 41.4 Å². The van der Waals surface area contributed by atoms with E-state index < -0.39 is 0 Å². The van der Waals surface area contributed by atoms with E-state index >= 15 is 0 Å². The largest absolute Gasteiger partial charge is 0.339 e. The molecule has 28 heavy (non-hydrogen) atoms. The minimum atomic E-state index is 0.299. The first kappa shape index (κ1) is 18.6. The molecule has 2 aliphatic heterocycles. The van der Waals surface area contributed by atoms with Crippen LogP contribution in [0, 0.1) is 5.41 Å². The molecule has 1 aliphatic carbocycles. The normalized spacial score (nSPS) is 26.0. The lowest BCUT2D eigenvalue weighted by Crippen LogP contribution is -2.40. The Bertz CT molecular complexity index is 825. The van der Waals surface area contributed by atoms with E-state index in [1.54, 1.807) is 0 Å². The van der Waals surface area contributed by atoms with E-state index in [2.05, 4.69) is 34.1 Å². The summed E-state index contributed by atoms with van der Waals surface area (Å²) in [5.41, 5.74) is 1.62. The summed E-state index contributed by atoms with van der Waals surface area (Å²) in [5.74, 6) is 2.28. The molecule has 0 N–H and O–H groups in total. The van der Waals surface area contributed by atoms with E-state index in [1.807, 2.05) is 12.1 Å². The number of piperidine rings is 1. The molecule has 0 bridgehead atoms. The Labute approximate surface area is 172 Å². The molecule has 2 aromatic rings. The van der Waals surface area contributed by atoms with Crippen LogP contribution in [0.15, 0.2) is 28.8 Å². The molecule has 3 fully saturated rings. The van der Waals surface area contributed by atoms with Crippen LogP contribution in [0.5, 0.6) is 0 Å². The van der Waals surface area contributed by atoms with E-state index in [0.29, 0.717) is 17.4 Å². The van der Waals surface area contributed by atoms with Crippen LogP contribution in [-0.2, 0) is 6.54 Å². The molecule has 1 saturated carbocycles. The maximum absolute atomic E-state index is 6.35. The zero-order valence-corrected chi connectivity index (χ0v) is 17.4. The van der Waals surface area contributed by atoms with Crippen molar-refractivity contribution in [2.24, 2.45) is 5.41 Å². The maximum atomic E-state index is 6.35. The second-order valence-corrected chi connectivity index (χ2v) is 9.53. The molecule has 0 radical (unpaired) electrons. The molecule has 3 heterocycles. The molecule has 1 spiro atoms. The Morgan fingerprint density at radius 1 is 1.21 bits per heavy atom. The summed E-state index contributed by atoms with van der Waals surface area (Å²) in [4.78, 5) is 9.77. The van der Waals surface area contributed by atoms with Crippen molar-refractivity contribution in [1.29, 1.82) is 0 Å². The Morgan fingerprint density at radius 3 is 2.71 bits per heavy atom. The zero-order valence-electron chi connectivity index (χ0n) is 16.6. The van der Waals surface area contributed by atoms with Gasteiger partial charge in [-0.15, -0.1) is 0 Å². The van der Waals surface area contributed by atoms with Gasteiger partial charge < -0.3 is 4.52 Å². The summed E-state index contributed by atoms with van der Waals surface area (Å²) in [6.07, 6.45) is 7.30. The van der Waals surface area contributed by atoms with Crippen LogP contribution >= 0.6 is 11.6 Å². The minimum Gasteiger partial charge on any atom is -0.339 e. The van der Waals surface area contributed by atoms with Crippen molar-refractivity contribution >= 4 is 11.6 Å². The van der Waals surface area contributed by atoms with Crippen molar-refractivity contribution in [3.05, 3.63) is 46.6 Å². The molecule has 1 aromatic carbocycles. The third kappa shape index (κ3) is 3.49. The van der Waals surface area contributed by atoms with Crippen molar-refractivity contribution in [3.63, 3.8) is 0 Å². The van der Waals surface area contributed by atoms with E-state index in [-0.39, 0.29) is 0 Å². The van der Waals surface area contributed by atoms with Gasteiger partial charge in [0.05, 0.1) is 6.04 Å². The van der Waals surface area contributed by atoms with E-state index in [0.717, 1.165) is 49.3 Å². The van der Waals surface area contributed by atoms with Crippen LogP contribution in [0.2, 0.25) is 5.02 Å². The van der Waals surface area contributed by atoms with Crippen LogP contribution in [0.25, 0.3) is 0 Å². The Balaban J connectivity index is 1.21. The number of likely N-dealkylation sites (tertiary alicyclic amines) is 2. The zero-order chi connectivity index (χ0) is 19.1. The molecule has 150 valence electrons. The molecule has 2 saturated heterocycles. The van der Waals surface area contributed by atoms with Crippen molar-refractivity contribution in [2.45, 2.75) is 57.0 Å². The summed E-state index contributed by atoms with van der Waals surface area (Å²) < 4.78 is 5.59. The highest BCUT2D eigenvalue weighted by Gasteiger charge is 2.46. The first-order chi connectivity index (χ1) is 13.6. The lowest BCUT2D eigenvalue weighted by atomic mass is 9.76. The highest BCUT2D eigenvalue weighted by Crippen LogP contribution is 2.48. The lowest BCUT2D eigenvalue weighted by Gasteiger charge is -2.39. The fraction of sp³-hybridized carbons (Fsp3) is 0.636. The van der Waals surface area contributed by atoms with Crippen LogP contribution in [0.1, 0.15) is 67.8 Å². The Hall–Kier alpha value is -1.43. The van der Waals surface area contributed by atoms with Gasteiger partial charge >= 0.3 is 0 Å². The average Bonchev–Trinajstić information content (AvgIpc) is 3.23. The van der Waals surface area contributed by atoms with Gasteiger partial charge in [-0.3, -0.25) is 9.80 Å². The predicted molar refractivity (Wildman–Crippen MR) is 109 cm³/mol. The van der Waals surface area contributed by atoms with Gasteiger partial charge in [0.2, 0.25) is 5.89 Å². The molecule has 1 aromatic heterocycles. The van der Waals surface area contributed by atoms with Gasteiger partial charge in [0.1, 0.15) is 0 Å². The van der Waals surface area contributed by atoms with Gasteiger partial charge in [-0.2, -0.15) is 4.98 Å². The van der Waals surface area contributed by atoms with E-state index in [4.69, 9.17) is 21.1 Å². The fourth-order valence-corrected chi connectivity index (χ4v) is 5.37.